The fourth-order valence-electron chi connectivity index (χ4n) is 3.01. The summed E-state index contributed by atoms with van der Waals surface area (Å²) < 4.78 is 12.8. The number of anilines is 1. The van der Waals surface area contributed by atoms with Gasteiger partial charge in [0.05, 0.1) is 33.6 Å². The molecule has 3 rings (SSSR count). The summed E-state index contributed by atoms with van der Waals surface area (Å²) in [6.45, 7) is 8.03. The number of hydrazone groups is 1. The number of nitrogens with zero attached hydrogens (tertiary/aromatic N) is 2. The molecule has 0 unspecified atom stereocenters. The lowest BCUT2D eigenvalue weighted by Crippen LogP contribution is -2.21. The average Bonchev–Trinajstić information content (AvgIpc) is 3.05. The van der Waals surface area contributed by atoms with E-state index in [4.69, 9.17) is 14.6 Å². The molecule has 0 fully saturated rings. The van der Waals surface area contributed by atoms with E-state index in [0.717, 1.165) is 0 Å². The number of amides is 1. The number of halogens is 2. The van der Waals surface area contributed by atoms with E-state index in [0.29, 0.717) is 56.2 Å². The molecule has 32 heavy (non-hydrogen) atoms. The van der Waals surface area contributed by atoms with Crippen LogP contribution in [0, 0.1) is 0 Å². The number of carboxylic acids is 1. The summed E-state index contributed by atoms with van der Waals surface area (Å²) in [6, 6.07) is 7.75. The van der Waals surface area contributed by atoms with Crippen molar-refractivity contribution in [1.82, 2.24) is 0 Å². The molecule has 0 spiro atoms. The van der Waals surface area contributed by atoms with Crippen LogP contribution in [0.3, 0.4) is 0 Å². The Morgan fingerprint density at radius 1 is 1.22 bits per heavy atom. The van der Waals surface area contributed by atoms with Crippen LogP contribution in [0.1, 0.15) is 29.8 Å². The molecule has 1 aliphatic rings. The Labute approximate surface area is 202 Å². The van der Waals surface area contributed by atoms with Gasteiger partial charge in [0.25, 0.3) is 5.91 Å². The van der Waals surface area contributed by atoms with Gasteiger partial charge in [-0.2, -0.15) is 10.1 Å². The van der Waals surface area contributed by atoms with Gasteiger partial charge in [0.15, 0.2) is 11.5 Å². The molecule has 0 aliphatic carbocycles. The molecule has 0 saturated heterocycles. The van der Waals surface area contributed by atoms with Gasteiger partial charge in [-0.1, -0.05) is 12.7 Å². The smallest absolute Gasteiger partial charge is 0.335 e. The van der Waals surface area contributed by atoms with Crippen molar-refractivity contribution in [3.8, 4) is 11.5 Å². The van der Waals surface area contributed by atoms with Crippen LogP contribution < -0.4 is 14.5 Å². The predicted molar refractivity (Wildman–Crippen MR) is 131 cm³/mol. The minimum absolute atomic E-state index is 0.132. The van der Waals surface area contributed by atoms with Crippen LogP contribution in [0.25, 0.3) is 6.08 Å². The van der Waals surface area contributed by atoms with Crippen LogP contribution in [0.5, 0.6) is 11.5 Å². The molecule has 166 valence electrons. The van der Waals surface area contributed by atoms with Crippen LogP contribution in [-0.4, -0.2) is 35.9 Å². The lowest BCUT2D eigenvalue weighted by molar-refractivity contribution is -0.114. The number of aromatic carboxylic acids is 1. The highest BCUT2D eigenvalue weighted by atomic mass is 79.9. The van der Waals surface area contributed by atoms with Gasteiger partial charge in [-0.15, -0.1) is 0 Å². The molecular weight excluding hydrogens is 544 g/mol. The number of ether oxygens (including phenoxy) is 2. The Kier molecular flexibility index (Phi) is 7.52. The van der Waals surface area contributed by atoms with Crippen molar-refractivity contribution in [1.29, 1.82) is 0 Å². The number of benzene rings is 2. The summed E-state index contributed by atoms with van der Waals surface area (Å²) in [5.74, 6) is -0.300. The van der Waals surface area contributed by atoms with E-state index in [2.05, 4.69) is 43.5 Å². The molecule has 1 heterocycles. The van der Waals surface area contributed by atoms with Gasteiger partial charge in [-0.05, 0) is 87.7 Å². The maximum absolute atomic E-state index is 13.1. The molecule has 0 bridgehead atoms. The van der Waals surface area contributed by atoms with Crippen LogP contribution in [-0.2, 0) is 4.79 Å². The van der Waals surface area contributed by atoms with E-state index < -0.39 is 5.97 Å². The first-order valence-electron chi connectivity index (χ1n) is 9.62. The van der Waals surface area contributed by atoms with Crippen LogP contribution in [0.15, 0.2) is 62.6 Å². The van der Waals surface area contributed by atoms with Gasteiger partial charge in [0.2, 0.25) is 0 Å². The zero-order valence-electron chi connectivity index (χ0n) is 17.4. The zero-order chi connectivity index (χ0) is 23.4. The van der Waals surface area contributed by atoms with Crippen LogP contribution >= 0.6 is 31.9 Å². The first-order chi connectivity index (χ1) is 15.3. The van der Waals surface area contributed by atoms with Crippen molar-refractivity contribution in [3.63, 3.8) is 0 Å². The van der Waals surface area contributed by atoms with Gasteiger partial charge >= 0.3 is 5.97 Å². The Bertz CT molecular complexity index is 1140. The summed E-state index contributed by atoms with van der Waals surface area (Å²) in [4.78, 5) is 24.2. The van der Waals surface area contributed by atoms with Gasteiger partial charge in [0.1, 0.15) is 6.61 Å². The second-order valence-electron chi connectivity index (χ2n) is 6.67. The van der Waals surface area contributed by atoms with E-state index in [9.17, 15) is 9.59 Å². The minimum Gasteiger partial charge on any atom is -0.490 e. The molecular formula is C23H20Br2N2O5. The van der Waals surface area contributed by atoms with Gasteiger partial charge in [-0.3, -0.25) is 4.79 Å². The maximum Gasteiger partial charge on any atom is 0.335 e. The molecule has 7 nitrogen and oxygen atoms in total. The van der Waals surface area contributed by atoms with Crippen LogP contribution in [0.2, 0.25) is 0 Å². The molecule has 1 aliphatic heterocycles. The first kappa shape index (κ1) is 23.7. The molecule has 2 aromatic rings. The Hall–Kier alpha value is -2.91. The Balaban J connectivity index is 1.99. The molecule has 2 aromatic carbocycles. The maximum atomic E-state index is 13.1. The highest BCUT2D eigenvalue weighted by Gasteiger charge is 2.29. The third-order valence-electron chi connectivity index (χ3n) is 4.52. The van der Waals surface area contributed by atoms with E-state index >= 15 is 0 Å². The topological polar surface area (TPSA) is 88.4 Å². The summed E-state index contributed by atoms with van der Waals surface area (Å²) >= 11 is 7.10. The van der Waals surface area contributed by atoms with E-state index in [1.165, 1.54) is 17.1 Å². The molecule has 0 atom stereocenters. The minimum atomic E-state index is -1.04. The normalized spacial score (nSPS) is 14.5. The number of rotatable bonds is 8. The van der Waals surface area contributed by atoms with E-state index in [1.54, 1.807) is 37.3 Å². The van der Waals surface area contributed by atoms with Crippen LogP contribution in [0.4, 0.5) is 5.69 Å². The Morgan fingerprint density at radius 3 is 2.50 bits per heavy atom. The third kappa shape index (κ3) is 4.78. The monoisotopic (exact) mass is 562 g/mol. The SMILES string of the molecule is C=CCOc1c(OCC)cc(C=C2C(=O)N(c3ccc(C(=O)O)cc3)N=C2C)c(Br)c1Br. The van der Waals surface area contributed by atoms with Crippen molar-refractivity contribution in [3.05, 3.63) is 68.6 Å². The number of hydrogen-bond donors (Lipinski definition) is 1. The van der Waals surface area contributed by atoms with Crippen molar-refractivity contribution >= 4 is 61.2 Å². The average molecular weight is 564 g/mol. The second kappa shape index (κ2) is 10.1. The number of carboxylic acid groups (broad SMARTS) is 1. The van der Waals surface area contributed by atoms with Gasteiger partial charge in [0, 0.05) is 4.47 Å². The highest BCUT2D eigenvalue weighted by Crippen LogP contribution is 2.44. The summed E-state index contributed by atoms with van der Waals surface area (Å²) in [5, 5.41) is 14.7. The van der Waals surface area contributed by atoms with Gasteiger partial charge in [-0.25, -0.2) is 4.79 Å². The zero-order valence-corrected chi connectivity index (χ0v) is 20.6. The highest BCUT2D eigenvalue weighted by molar-refractivity contribution is 9.13. The lowest BCUT2D eigenvalue weighted by atomic mass is 10.1. The first-order valence-corrected chi connectivity index (χ1v) is 11.2. The molecule has 0 saturated carbocycles. The summed E-state index contributed by atoms with van der Waals surface area (Å²) in [5.41, 5.74) is 2.25. The van der Waals surface area contributed by atoms with E-state index in [-0.39, 0.29) is 11.5 Å². The number of carbonyl (C=O) groups excluding carboxylic acids is 1. The van der Waals surface area contributed by atoms with Crippen molar-refractivity contribution in [2.75, 3.05) is 18.2 Å². The standard InChI is InChI=1S/C23H20Br2N2O5/c1-4-10-32-21-18(31-5-2)12-15(19(24)20(21)25)11-17-13(3)26-27(22(17)28)16-8-6-14(7-9-16)23(29)30/h4,6-9,11-12H,1,5,10H2,2-3H3,(H,29,30). The number of hydrogen-bond acceptors (Lipinski definition) is 5. The second-order valence-corrected chi connectivity index (χ2v) is 8.25. The van der Waals surface area contributed by atoms with Gasteiger partial charge < -0.3 is 14.6 Å². The largest absolute Gasteiger partial charge is 0.490 e. The fourth-order valence-corrected chi connectivity index (χ4v) is 3.96. The third-order valence-corrected chi connectivity index (χ3v) is 6.67. The summed E-state index contributed by atoms with van der Waals surface area (Å²) in [7, 11) is 0. The van der Waals surface area contributed by atoms with Crippen molar-refractivity contribution < 1.29 is 24.2 Å². The number of carbonyl (C=O) groups is 2. The molecule has 1 amide bonds. The van der Waals surface area contributed by atoms with Crippen molar-refractivity contribution in [2.24, 2.45) is 5.10 Å². The predicted octanol–water partition coefficient (Wildman–Crippen LogP) is 5.68. The summed E-state index contributed by atoms with van der Waals surface area (Å²) in [6.07, 6.45) is 3.36. The Morgan fingerprint density at radius 2 is 1.91 bits per heavy atom. The molecule has 9 heteroatoms. The lowest BCUT2D eigenvalue weighted by Gasteiger charge is -2.16. The quantitative estimate of drug-likeness (QED) is 0.330. The van der Waals surface area contributed by atoms with Crippen molar-refractivity contribution in [2.45, 2.75) is 13.8 Å². The molecule has 0 radical (unpaired) electrons. The van der Waals surface area contributed by atoms with E-state index in [1.807, 2.05) is 6.92 Å². The molecule has 1 N–H and O–H groups in total. The molecule has 0 aromatic heterocycles. The fraction of sp³-hybridized carbons (Fsp3) is 0.174.